The van der Waals surface area contributed by atoms with Crippen molar-refractivity contribution in [1.82, 2.24) is 9.62 Å². The van der Waals surface area contributed by atoms with Gasteiger partial charge in [0.15, 0.2) is 0 Å². The number of hydrogen-bond donors (Lipinski definition) is 1. The lowest BCUT2D eigenvalue weighted by molar-refractivity contribution is -0.128. The van der Waals surface area contributed by atoms with Gasteiger partial charge in [0.1, 0.15) is 0 Å². The Kier molecular flexibility index (Phi) is 7.72. The fourth-order valence-corrected chi connectivity index (χ4v) is 3.16. The van der Waals surface area contributed by atoms with Crippen LogP contribution in [0.25, 0.3) is 0 Å². The number of hydrogen-bond acceptors (Lipinski definition) is 3. The van der Waals surface area contributed by atoms with E-state index in [0.29, 0.717) is 19.0 Å². The number of nitrogens with zero attached hydrogens (tertiary/aromatic N) is 1. The lowest BCUT2D eigenvalue weighted by atomic mass is 10.1. The Morgan fingerprint density at radius 2 is 1.78 bits per heavy atom. The number of benzene rings is 1. The first kappa shape index (κ1) is 19.6. The quantitative estimate of drug-likeness (QED) is 0.751. The van der Waals surface area contributed by atoms with Gasteiger partial charge in [-0.15, -0.1) is 0 Å². The summed E-state index contributed by atoms with van der Waals surface area (Å²) in [6.07, 6.45) is 1.78. The molecule has 0 aromatic heterocycles. The molecular formula is C17H28N2O3S. The van der Waals surface area contributed by atoms with Crippen molar-refractivity contribution < 1.29 is 13.2 Å². The molecule has 1 amide bonds. The Bertz CT molecular complexity index is 595. The lowest BCUT2D eigenvalue weighted by Gasteiger charge is -2.22. The first-order chi connectivity index (χ1) is 10.8. The van der Waals surface area contributed by atoms with Gasteiger partial charge in [-0.05, 0) is 36.5 Å². The van der Waals surface area contributed by atoms with Crippen LogP contribution in [-0.4, -0.2) is 38.9 Å². The molecule has 0 atom stereocenters. The average molecular weight is 340 g/mol. The van der Waals surface area contributed by atoms with Crippen molar-refractivity contribution in [3.8, 4) is 0 Å². The van der Waals surface area contributed by atoms with Crippen LogP contribution in [0.2, 0.25) is 0 Å². The van der Waals surface area contributed by atoms with Crippen molar-refractivity contribution in [3.05, 3.63) is 29.8 Å². The normalized spacial score (nSPS) is 11.7. The van der Waals surface area contributed by atoms with E-state index in [1.165, 1.54) is 6.92 Å². The Morgan fingerprint density at radius 1 is 1.17 bits per heavy atom. The van der Waals surface area contributed by atoms with Crippen LogP contribution in [0, 0.1) is 5.92 Å². The van der Waals surface area contributed by atoms with Gasteiger partial charge < -0.3 is 4.90 Å². The number of aryl methyl sites for hydroxylation is 1. The van der Waals surface area contributed by atoms with Crippen molar-refractivity contribution in [3.63, 3.8) is 0 Å². The number of rotatable bonds is 9. The van der Waals surface area contributed by atoms with Crippen molar-refractivity contribution in [2.75, 3.05) is 19.6 Å². The highest BCUT2D eigenvalue weighted by Crippen LogP contribution is 2.10. The second-order valence-corrected chi connectivity index (χ2v) is 7.85. The largest absolute Gasteiger partial charge is 0.342 e. The Morgan fingerprint density at radius 3 is 2.26 bits per heavy atom. The molecule has 0 fully saturated rings. The first-order valence-corrected chi connectivity index (χ1v) is 9.58. The number of nitrogens with one attached hydrogen (secondary N) is 1. The highest BCUT2D eigenvalue weighted by Gasteiger charge is 2.15. The van der Waals surface area contributed by atoms with E-state index in [9.17, 15) is 13.2 Å². The molecule has 0 aliphatic rings. The molecule has 0 saturated heterocycles. The SMILES string of the molecule is CCc1ccc(S(=O)(=O)NCCN(CCC(C)C)C(C)=O)cc1. The standard InChI is InChI=1S/C17H28N2O3S/c1-5-16-6-8-17(9-7-16)23(21,22)18-11-13-19(15(4)20)12-10-14(2)3/h6-9,14,18H,5,10-13H2,1-4H3. The molecule has 0 heterocycles. The topological polar surface area (TPSA) is 66.5 Å². The van der Waals surface area contributed by atoms with E-state index in [-0.39, 0.29) is 17.3 Å². The third-order valence-corrected chi connectivity index (χ3v) is 5.21. The molecule has 0 radical (unpaired) electrons. The molecule has 23 heavy (non-hydrogen) atoms. The van der Waals surface area contributed by atoms with Gasteiger partial charge in [-0.1, -0.05) is 32.9 Å². The highest BCUT2D eigenvalue weighted by molar-refractivity contribution is 7.89. The minimum Gasteiger partial charge on any atom is -0.342 e. The zero-order chi connectivity index (χ0) is 17.5. The van der Waals surface area contributed by atoms with Gasteiger partial charge in [-0.3, -0.25) is 4.79 Å². The van der Waals surface area contributed by atoms with Crippen LogP contribution < -0.4 is 4.72 Å². The van der Waals surface area contributed by atoms with Gasteiger partial charge in [0.05, 0.1) is 4.90 Å². The maximum absolute atomic E-state index is 12.2. The predicted octanol–water partition coefficient (Wildman–Crippen LogP) is 2.42. The van der Waals surface area contributed by atoms with Crippen LogP contribution in [0.5, 0.6) is 0 Å². The molecule has 1 aromatic carbocycles. The zero-order valence-corrected chi connectivity index (χ0v) is 15.3. The zero-order valence-electron chi connectivity index (χ0n) is 14.5. The maximum atomic E-state index is 12.2. The third-order valence-electron chi connectivity index (χ3n) is 3.74. The molecule has 0 saturated carbocycles. The second kappa shape index (κ2) is 9.03. The van der Waals surface area contributed by atoms with Crippen LogP contribution in [-0.2, 0) is 21.2 Å². The Balaban J connectivity index is 2.58. The minimum atomic E-state index is -3.53. The summed E-state index contributed by atoms with van der Waals surface area (Å²) in [5.41, 5.74) is 1.10. The summed E-state index contributed by atoms with van der Waals surface area (Å²) in [6.45, 7) is 8.99. The number of carbonyl (C=O) groups excluding carboxylic acids is 1. The summed E-state index contributed by atoms with van der Waals surface area (Å²) in [5.74, 6) is 0.475. The second-order valence-electron chi connectivity index (χ2n) is 6.08. The average Bonchev–Trinajstić information content (AvgIpc) is 2.50. The van der Waals surface area contributed by atoms with Crippen LogP contribution >= 0.6 is 0 Å². The van der Waals surface area contributed by atoms with E-state index in [1.807, 2.05) is 19.1 Å². The van der Waals surface area contributed by atoms with Crippen molar-refractivity contribution in [1.29, 1.82) is 0 Å². The van der Waals surface area contributed by atoms with E-state index in [4.69, 9.17) is 0 Å². The smallest absolute Gasteiger partial charge is 0.240 e. The van der Waals surface area contributed by atoms with Gasteiger partial charge in [0.25, 0.3) is 0 Å². The summed E-state index contributed by atoms with van der Waals surface area (Å²) < 4.78 is 27.0. The molecule has 0 unspecified atom stereocenters. The summed E-state index contributed by atoms with van der Waals surface area (Å²) in [7, 11) is -3.53. The monoisotopic (exact) mass is 340 g/mol. The van der Waals surface area contributed by atoms with Crippen LogP contribution in [0.1, 0.15) is 39.7 Å². The molecule has 0 aliphatic carbocycles. The molecule has 0 spiro atoms. The molecular weight excluding hydrogens is 312 g/mol. The number of amides is 1. The molecule has 0 bridgehead atoms. The van der Waals surface area contributed by atoms with Crippen molar-refractivity contribution in [2.24, 2.45) is 5.92 Å². The first-order valence-electron chi connectivity index (χ1n) is 8.10. The fraction of sp³-hybridized carbons (Fsp3) is 0.588. The predicted molar refractivity (Wildman–Crippen MR) is 92.7 cm³/mol. The van der Waals surface area contributed by atoms with Crippen LogP contribution in [0.3, 0.4) is 0 Å². The summed E-state index contributed by atoms with van der Waals surface area (Å²) in [4.78, 5) is 13.5. The highest BCUT2D eigenvalue weighted by atomic mass is 32.2. The van der Waals surface area contributed by atoms with Gasteiger partial charge >= 0.3 is 0 Å². The molecule has 1 aromatic rings. The summed E-state index contributed by atoms with van der Waals surface area (Å²) >= 11 is 0. The van der Waals surface area contributed by atoms with E-state index < -0.39 is 10.0 Å². The molecule has 6 heteroatoms. The van der Waals surface area contributed by atoms with E-state index in [1.54, 1.807) is 17.0 Å². The van der Waals surface area contributed by atoms with Gasteiger partial charge in [-0.2, -0.15) is 0 Å². The third kappa shape index (κ3) is 6.71. The lowest BCUT2D eigenvalue weighted by Crippen LogP contribution is -2.38. The fourth-order valence-electron chi connectivity index (χ4n) is 2.14. The molecule has 130 valence electrons. The van der Waals surface area contributed by atoms with Crippen molar-refractivity contribution in [2.45, 2.75) is 45.4 Å². The van der Waals surface area contributed by atoms with E-state index >= 15 is 0 Å². The molecule has 1 rings (SSSR count). The minimum absolute atomic E-state index is 0.0304. The van der Waals surface area contributed by atoms with Crippen LogP contribution in [0.15, 0.2) is 29.2 Å². The van der Waals surface area contributed by atoms with Crippen LogP contribution in [0.4, 0.5) is 0 Å². The summed E-state index contributed by atoms with van der Waals surface area (Å²) in [6, 6.07) is 6.86. The number of sulfonamides is 1. The summed E-state index contributed by atoms with van der Waals surface area (Å²) in [5, 5.41) is 0. The number of carbonyl (C=O) groups is 1. The van der Waals surface area contributed by atoms with Gasteiger partial charge in [0.2, 0.25) is 15.9 Å². The molecule has 0 aliphatic heterocycles. The van der Waals surface area contributed by atoms with Crippen molar-refractivity contribution >= 4 is 15.9 Å². The van der Waals surface area contributed by atoms with E-state index in [0.717, 1.165) is 18.4 Å². The molecule has 1 N–H and O–H groups in total. The van der Waals surface area contributed by atoms with Gasteiger partial charge in [0, 0.05) is 26.6 Å². The Hall–Kier alpha value is -1.40. The maximum Gasteiger partial charge on any atom is 0.240 e. The van der Waals surface area contributed by atoms with E-state index in [2.05, 4.69) is 18.6 Å². The Labute approximate surface area is 140 Å². The molecule has 5 nitrogen and oxygen atoms in total. The van der Waals surface area contributed by atoms with Gasteiger partial charge in [-0.25, -0.2) is 13.1 Å².